The van der Waals surface area contributed by atoms with Crippen molar-refractivity contribution in [2.45, 2.75) is 32.9 Å². The summed E-state index contributed by atoms with van der Waals surface area (Å²) in [6, 6.07) is 9.22. The third-order valence-electron chi connectivity index (χ3n) is 3.49. The number of nitrogens with zero attached hydrogens (tertiary/aromatic N) is 1. The molecule has 0 aliphatic carbocycles. The van der Waals surface area contributed by atoms with Crippen LogP contribution in [0.15, 0.2) is 30.3 Å². The van der Waals surface area contributed by atoms with Gasteiger partial charge in [0.1, 0.15) is 6.61 Å². The molecule has 1 aromatic carbocycles. The van der Waals surface area contributed by atoms with Gasteiger partial charge in [0.2, 0.25) is 10.0 Å². The van der Waals surface area contributed by atoms with Gasteiger partial charge >= 0.3 is 6.09 Å². The Morgan fingerprint density at radius 1 is 1.32 bits per heavy atom. The molecule has 1 aromatic rings. The molecule has 0 saturated carbocycles. The van der Waals surface area contributed by atoms with E-state index in [4.69, 9.17) is 4.74 Å². The van der Waals surface area contributed by atoms with Crippen LogP contribution in [0, 0.1) is 0 Å². The van der Waals surface area contributed by atoms with Crippen molar-refractivity contribution in [3.05, 3.63) is 35.9 Å². The first-order valence-electron chi connectivity index (χ1n) is 7.27. The number of carbonyl (C=O) groups is 1. The molecule has 0 radical (unpaired) electrons. The summed E-state index contributed by atoms with van der Waals surface area (Å²) in [7, 11) is -1.82. The lowest BCUT2D eigenvalue weighted by Crippen LogP contribution is -2.39. The Hall–Kier alpha value is -1.60. The smallest absolute Gasteiger partial charge is 0.407 e. The fraction of sp³-hybridized carbons (Fsp3) is 0.533. The van der Waals surface area contributed by atoms with Crippen LogP contribution in [0.25, 0.3) is 0 Å². The van der Waals surface area contributed by atoms with Crippen molar-refractivity contribution in [1.82, 2.24) is 9.62 Å². The van der Waals surface area contributed by atoms with Gasteiger partial charge in [-0.1, -0.05) is 37.3 Å². The maximum Gasteiger partial charge on any atom is 0.407 e. The molecule has 0 bridgehead atoms. The second kappa shape index (κ2) is 8.75. The van der Waals surface area contributed by atoms with Crippen LogP contribution in [0.2, 0.25) is 0 Å². The summed E-state index contributed by atoms with van der Waals surface area (Å²) in [6.07, 6.45) is 0.118. The van der Waals surface area contributed by atoms with E-state index in [-0.39, 0.29) is 24.9 Å². The van der Waals surface area contributed by atoms with Gasteiger partial charge in [-0.05, 0) is 18.9 Å². The number of nitrogens with one attached hydrogen (secondary N) is 1. The van der Waals surface area contributed by atoms with Crippen molar-refractivity contribution in [1.29, 1.82) is 0 Å². The molecule has 0 aliphatic heterocycles. The number of alkyl carbamates (subject to hydrolysis) is 1. The number of amides is 1. The zero-order valence-electron chi connectivity index (χ0n) is 13.3. The molecule has 0 aliphatic rings. The van der Waals surface area contributed by atoms with Crippen LogP contribution in [0.3, 0.4) is 0 Å². The average Bonchev–Trinajstić information content (AvgIpc) is 2.52. The number of rotatable bonds is 8. The zero-order valence-corrected chi connectivity index (χ0v) is 14.1. The fourth-order valence-electron chi connectivity index (χ4n) is 1.73. The Kier molecular flexibility index (Phi) is 7.34. The topological polar surface area (TPSA) is 75.7 Å². The molecule has 1 rings (SSSR count). The molecule has 0 spiro atoms. The average molecular weight is 328 g/mol. The van der Waals surface area contributed by atoms with Crippen LogP contribution in [0.5, 0.6) is 0 Å². The Morgan fingerprint density at radius 3 is 2.55 bits per heavy atom. The van der Waals surface area contributed by atoms with Crippen molar-refractivity contribution in [2.75, 3.05) is 19.3 Å². The molecule has 0 heterocycles. The second-order valence-corrected chi connectivity index (χ2v) is 7.23. The molecule has 124 valence electrons. The van der Waals surface area contributed by atoms with Crippen LogP contribution >= 0.6 is 0 Å². The minimum Gasteiger partial charge on any atom is -0.445 e. The lowest BCUT2D eigenvalue weighted by Gasteiger charge is -2.23. The maximum absolute atomic E-state index is 12.0. The van der Waals surface area contributed by atoms with Crippen molar-refractivity contribution in [3.63, 3.8) is 0 Å². The predicted molar refractivity (Wildman–Crippen MR) is 85.9 cm³/mol. The van der Waals surface area contributed by atoms with Crippen molar-refractivity contribution >= 4 is 16.1 Å². The molecule has 6 nitrogen and oxygen atoms in total. The van der Waals surface area contributed by atoms with E-state index in [1.165, 1.54) is 4.31 Å². The summed E-state index contributed by atoms with van der Waals surface area (Å²) < 4.78 is 30.4. The summed E-state index contributed by atoms with van der Waals surface area (Å²) in [6.45, 7) is 3.96. The van der Waals surface area contributed by atoms with Crippen LogP contribution < -0.4 is 5.32 Å². The highest BCUT2D eigenvalue weighted by Gasteiger charge is 2.21. The highest BCUT2D eigenvalue weighted by molar-refractivity contribution is 7.89. The van der Waals surface area contributed by atoms with Crippen molar-refractivity contribution in [2.24, 2.45) is 0 Å². The molecular formula is C15H24N2O4S. The minimum atomic E-state index is -3.37. The number of hydrogen-bond donors (Lipinski definition) is 1. The summed E-state index contributed by atoms with van der Waals surface area (Å²) in [5.41, 5.74) is 0.877. The van der Waals surface area contributed by atoms with Crippen molar-refractivity contribution in [3.8, 4) is 0 Å². The van der Waals surface area contributed by atoms with Crippen LogP contribution in [-0.4, -0.2) is 44.2 Å². The quantitative estimate of drug-likeness (QED) is 0.791. The standard InChI is InChI=1S/C15H24N2O4S/c1-4-13(2)17(3)22(19,20)11-10-16-15(18)21-12-14-8-6-5-7-9-14/h5-9,13H,4,10-12H2,1-3H3,(H,16,18). The molecule has 0 saturated heterocycles. The molecule has 1 amide bonds. The highest BCUT2D eigenvalue weighted by Crippen LogP contribution is 2.07. The number of ether oxygens (including phenoxy) is 1. The SMILES string of the molecule is CCC(C)N(C)S(=O)(=O)CCNC(=O)OCc1ccccc1. The largest absolute Gasteiger partial charge is 0.445 e. The lowest BCUT2D eigenvalue weighted by atomic mass is 10.2. The summed E-state index contributed by atoms with van der Waals surface area (Å²) in [5.74, 6) is -0.145. The molecule has 1 N–H and O–H groups in total. The Bertz CT molecular complexity index is 560. The molecule has 1 unspecified atom stereocenters. The normalized spacial score (nSPS) is 12.9. The van der Waals surface area contributed by atoms with Gasteiger partial charge < -0.3 is 10.1 Å². The van der Waals surface area contributed by atoms with Gasteiger partial charge in [0.15, 0.2) is 0 Å². The van der Waals surface area contributed by atoms with E-state index in [2.05, 4.69) is 5.32 Å². The first kappa shape index (κ1) is 18.4. The summed E-state index contributed by atoms with van der Waals surface area (Å²) >= 11 is 0. The van der Waals surface area contributed by atoms with Gasteiger partial charge in [0.05, 0.1) is 5.75 Å². The first-order chi connectivity index (χ1) is 10.4. The van der Waals surface area contributed by atoms with Gasteiger partial charge in [0, 0.05) is 19.6 Å². The summed E-state index contributed by atoms with van der Waals surface area (Å²) in [5, 5.41) is 2.45. The summed E-state index contributed by atoms with van der Waals surface area (Å²) in [4.78, 5) is 11.5. The highest BCUT2D eigenvalue weighted by atomic mass is 32.2. The van der Waals surface area contributed by atoms with E-state index in [9.17, 15) is 13.2 Å². The van der Waals surface area contributed by atoms with E-state index >= 15 is 0 Å². The second-order valence-electron chi connectivity index (χ2n) is 5.08. The molecule has 0 aromatic heterocycles. The molecule has 0 fully saturated rings. The Balaban J connectivity index is 2.32. The van der Waals surface area contributed by atoms with E-state index < -0.39 is 16.1 Å². The monoisotopic (exact) mass is 328 g/mol. The third kappa shape index (κ3) is 6.03. The van der Waals surface area contributed by atoms with Crippen LogP contribution in [0.4, 0.5) is 4.79 Å². The van der Waals surface area contributed by atoms with E-state index in [1.807, 2.05) is 44.2 Å². The molecule has 1 atom stereocenters. The lowest BCUT2D eigenvalue weighted by molar-refractivity contribution is 0.140. The first-order valence-corrected chi connectivity index (χ1v) is 8.88. The van der Waals surface area contributed by atoms with Gasteiger partial charge in [-0.15, -0.1) is 0 Å². The third-order valence-corrected chi connectivity index (χ3v) is 5.45. The van der Waals surface area contributed by atoms with Gasteiger partial charge in [-0.2, -0.15) is 0 Å². The van der Waals surface area contributed by atoms with E-state index in [0.717, 1.165) is 12.0 Å². The zero-order chi connectivity index (χ0) is 16.6. The molecule has 22 heavy (non-hydrogen) atoms. The number of hydrogen-bond acceptors (Lipinski definition) is 4. The Labute approximate surface area is 132 Å². The number of benzene rings is 1. The van der Waals surface area contributed by atoms with Crippen molar-refractivity contribution < 1.29 is 17.9 Å². The molecular weight excluding hydrogens is 304 g/mol. The van der Waals surface area contributed by atoms with E-state index in [0.29, 0.717) is 0 Å². The molecule has 7 heteroatoms. The minimum absolute atomic E-state index is 0.0245. The van der Waals surface area contributed by atoms with Crippen LogP contribution in [0.1, 0.15) is 25.8 Å². The number of sulfonamides is 1. The van der Waals surface area contributed by atoms with Gasteiger partial charge in [-0.3, -0.25) is 0 Å². The number of carbonyl (C=O) groups excluding carboxylic acids is 1. The fourth-order valence-corrected chi connectivity index (χ4v) is 3.08. The van der Waals surface area contributed by atoms with Gasteiger partial charge in [0.25, 0.3) is 0 Å². The Morgan fingerprint density at radius 2 is 1.95 bits per heavy atom. The van der Waals surface area contributed by atoms with E-state index in [1.54, 1.807) is 7.05 Å². The predicted octanol–water partition coefficient (Wildman–Crippen LogP) is 1.97. The van der Waals surface area contributed by atoms with Gasteiger partial charge in [-0.25, -0.2) is 17.5 Å². The van der Waals surface area contributed by atoms with Crippen LogP contribution in [-0.2, 0) is 21.4 Å². The maximum atomic E-state index is 12.0.